The van der Waals surface area contributed by atoms with Gasteiger partial charge in [-0.2, -0.15) is 0 Å². The van der Waals surface area contributed by atoms with Gasteiger partial charge in [-0.15, -0.1) is 0 Å². The van der Waals surface area contributed by atoms with Crippen LogP contribution in [0.4, 0.5) is 30.5 Å². The summed E-state index contributed by atoms with van der Waals surface area (Å²) in [5.41, 5.74) is -3.62. The molecule has 0 saturated carbocycles. The summed E-state index contributed by atoms with van der Waals surface area (Å²) >= 11 is 0. The predicted molar refractivity (Wildman–Crippen MR) is 153 cm³/mol. The molecule has 1 aromatic carbocycles. The maximum Gasteiger partial charge on any atom is 0.251 e. The maximum absolute atomic E-state index is 15.1. The third kappa shape index (κ3) is 5.05. The lowest BCUT2D eigenvalue weighted by Crippen LogP contribution is -2.48. The molecule has 3 aliphatic rings. The summed E-state index contributed by atoms with van der Waals surface area (Å²) < 4.78 is 110. The molecule has 1 N–H and O–H groups in total. The monoisotopic (exact) mass is 630 g/mol. The second-order valence-corrected chi connectivity index (χ2v) is 12.2. The van der Waals surface area contributed by atoms with Crippen molar-refractivity contribution in [2.45, 2.75) is 29.7 Å². The van der Waals surface area contributed by atoms with E-state index in [0.717, 1.165) is 5.69 Å². The normalized spacial score (nSPS) is 23.0. The van der Waals surface area contributed by atoms with Gasteiger partial charge in [-0.1, -0.05) is 0 Å². The van der Waals surface area contributed by atoms with Crippen LogP contribution in [0.5, 0.6) is 5.75 Å². The molecule has 6 heterocycles. The van der Waals surface area contributed by atoms with Crippen LogP contribution in [0.25, 0.3) is 10.9 Å². The number of fused-ring (bicyclic) bond motifs is 3. The second-order valence-electron chi connectivity index (χ2n) is 10.3. The molecule has 228 valence electrons. The van der Waals surface area contributed by atoms with Gasteiger partial charge in [0.05, 0.1) is 72.8 Å². The molecule has 3 aliphatic heterocycles. The number of pyridine rings is 3. The number of hydrogen-bond donors (Lipinski definition) is 1. The fraction of sp³-hybridized carbons (Fsp3) is 0.310. The highest BCUT2D eigenvalue weighted by Crippen LogP contribution is 2.38. The van der Waals surface area contributed by atoms with Gasteiger partial charge in [-0.3, -0.25) is 9.78 Å². The molecule has 3 aromatic heterocycles. The average molecular weight is 631 g/mol. The number of carbonyl (C=O) groups is 1. The molecule has 4 aromatic rings. The average Bonchev–Trinajstić information content (AvgIpc) is 3.06. The lowest BCUT2D eigenvalue weighted by Gasteiger charge is -2.37. The Morgan fingerprint density at radius 3 is 2.80 bits per heavy atom. The van der Waals surface area contributed by atoms with E-state index in [4.69, 9.17) is 15.2 Å². The number of amides is 1. The van der Waals surface area contributed by atoms with Crippen LogP contribution in [0.15, 0.2) is 53.7 Å². The van der Waals surface area contributed by atoms with Crippen molar-refractivity contribution in [3.8, 4) is 5.75 Å². The Balaban J connectivity index is 1.12. The van der Waals surface area contributed by atoms with Gasteiger partial charge in [0.25, 0.3) is 5.91 Å². The molecule has 0 spiro atoms. The topological polar surface area (TPSA) is 127 Å². The fourth-order valence-corrected chi connectivity index (χ4v) is 6.14. The van der Waals surface area contributed by atoms with Crippen LogP contribution >= 0.6 is 0 Å². The predicted octanol–water partition coefficient (Wildman–Crippen LogP) is 3.38. The number of ether oxygens (including phenoxy) is 2. The van der Waals surface area contributed by atoms with Crippen LogP contribution in [0.2, 0.25) is 0 Å². The summed E-state index contributed by atoms with van der Waals surface area (Å²) in [6, 6.07) is 8.16. The first-order valence-electron chi connectivity index (χ1n) is 15.4. The van der Waals surface area contributed by atoms with Crippen LogP contribution in [0, 0.1) is 5.82 Å². The largest absolute Gasteiger partial charge is 0.488 e. The standard InChI is InChI=1S/C29H25F3N6O5S/c30-18-12-37(13-18)20-8-24-28(34-11-20)38(3-4-43-24)27-2-1-16-9-33-19(7-23(16)36-27)10-35-29(39)17-5-22(31)21-14-42-15-26(32)44(40,41)25(21)6-17/h1-2,5-9,11,18,26H,3-4,10,12-15H2,(H,35,39)/t26-/m1/s1/i14D2,15D2. The Kier molecular flexibility index (Phi) is 5.92. The number of nitrogens with one attached hydrogen (secondary N) is 1. The van der Waals surface area contributed by atoms with E-state index in [1.54, 1.807) is 24.4 Å². The Bertz CT molecular complexity index is 2090. The molecule has 1 atom stereocenters. The van der Waals surface area contributed by atoms with Gasteiger partial charge in [-0.25, -0.2) is 31.6 Å². The van der Waals surface area contributed by atoms with Crippen LogP contribution in [-0.2, 0) is 27.7 Å². The lowest BCUT2D eigenvalue weighted by molar-refractivity contribution is 0.0938. The second kappa shape index (κ2) is 10.9. The van der Waals surface area contributed by atoms with Crippen LogP contribution in [0.3, 0.4) is 0 Å². The smallest absolute Gasteiger partial charge is 0.251 e. The van der Waals surface area contributed by atoms with Gasteiger partial charge in [0.1, 0.15) is 24.4 Å². The fourth-order valence-electron chi connectivity index (χ4n) is 5.03. The van der Waals surface area contributed by atoms with Gasteiger partial charge in [-0.05, 0) is 30.3 Å². The summed E-state index contributed by atoms with van der Waals surface area (Å²) in [4.78, 5) is 29.1. The third-order valence-electron chi connectivity index (χ3n) is 7.37. The Labute approximate surface area is 255 Å². The quantitative estimate of drug-likeness (QED) is 0.351. The molecular weight excluding hydrogens is 601 g/mol. The van der Waals surface area contributed by atoms with E-state index in [-0.39, 0.29) is 6.54 Å². The van der Waals surface area contributed by atoms with Crippen molar-refractivity contribution < 1.29 is 41.3 Å². The maximum atomic E-state index is 15.1. The van der Waals surface area contributed by atoms with Crippen molar-refractivity contribution in [2.75, 3.05) is 42.6 Å². The van der Waals surface area contributed by atoms with Gasteiger partial charge in [0.15, 0.2) is 11.6 Å². The van der Waals surface area contributed by atoms with Crippen molar-refractivity contribution in [3.63, 3.8) is 0 Å². The highest BCUT2D eigenvalue weighted by Gasteiger charge is 2.35. The highest BCUT2D eigenvalue weighted by atomic mass is 32.2. The van der Waals surface area contributed by atoms with Crippen LogP contribution in [0.1, 0.15) is 27.1 Å². The van der Waals surface area contributed by atoms with Gasteiger partial charge in [0, 0.05) is 28.8 Å². The number of sulfone groups is 1. The number of halogens is 3. The van der Waals surface area contributed by atoms with Crippen molar-refractivity contribution in [3.05, 3.63) is 71.4 Å². The molecular formula is C29H25F3N6O5S. The molecule has 15 heteroatoms. The molecule has 0 radical (unpaired) electrons. The van der Waals surface area contributed by atoms with Gasteiger partial charge < -0.3 is 24.6 Å². The minimum atomic E-state index is -5.32. The van der Waals surface area contributed by atoms with E-state index >= 15 is 4.39 Å². The number of benzene rings is 1. The van der Waals surface area contributed by atoms with Gasteiger partial charge >= 0.3 is 0 Å². The minimum absolute atomic E-state index is 0.217. The van der Waals surface area contributed by atoms with E-state index in [2.05, 4.69) is 20.0 Å². The first kappa shape index (κ1) is 23.9. The first-order chi connectivity index (χ1) is 22.6. The molecule has 11 nitrogen and oxygen atoms in total. The van der Waals surface area contributed by atoms with E-state index in [1.807, 2.05) is 15.9 Å². The minimum Gasteiger partial charge on any atom is -0.488 e. The molecule has 0 unspecified atom stereocenters. The van der Waals surface area contributed by atoms with Crippen molar-refractivity contribution in [2.24, 2.45) is 0 Å². The van der Waals surface area contributed by atoms with Crippen molar-refractivity contribution in [1.82, 2.24) is 20.3 Å². The molecule has 1 saturated heterocycles. The molecule has 44 heavy (non-hydrogen) atoms. The number of aromatic nitrogens is 3. The van der Waals surface area contributed by atoms with E-state index in [0.29, 0.717) is 72.4 Å². The Hall–Kier alpha value is -4.50. The molecule has 0 bridgehead atoms. The van der Waals surface area contributed by atoms with E-state index in [1.165, 1.54) is 6.20 Å². The summed E-state index contributed by atoms with van der Waals surface area (Å²) in [6.07, 6.45) is 2.32. The summed E-state index contributed by atoms with van der Waals surface area (Å²) in [7, 11) is -5.32. The van der Waals surface area contributed by atoms with E-state index in [9.17, 15) is 22.0 Å². The number of hydrogen-bond acceptors (Lipinski definition) is 10. The number of alkyl halides is 2. The summed E-state index contributed by atoms with van der Waals surface area (Å²) in [6.45, 7) is -5.82. The zero-order valence-electron chi connectivity index (χ0n) is 26.6. The Morgan fingerprint density at radius 2 is 1.98 bits per heavy atom. The molecule has 1 amide bonds. The van der Waals surface area contributed by atoms with Crippen LogP contribution < -0.4 is 19.9 Å². The Morgan fingerprint density at radius 1 is 1.14 bits per heavy atom. The summed E-state index contributed by atoms with van der Waals surface area (Å²) in [5, 5.41) is 3.15. The lowest BCUT2D eigenvalue weighted by atomic mass is 10.1. The third-order valence-corrected chi connectivity index (χ3v) is 8.95. The number of carbonyl (C=O) groups excluding carboxylic acids is 1. The number of anilines is 3. The number of nitrogens with zero attached hydrogens (tertiary/aromatic N) is 5. The first-order valence-corrected chi connectivity index (χ1v) is 14.9. The molecule has 1 fully saturated rings. The zero-order valence-corrected chi connectivity index (χ0v) is 23.4. The molecule has 7 rings (SSSR count). The zero-order chi connectivity index (χ0) is 34.2. The highest BCUT2D eigenvalue weighted by molar-refractivity contribution is 7.92. The SMILES string of the molecule is [2H]C1([2H])OC([2H])([2H])[C@H](F)S(=O)(=O)c2cc(C(=O)NCc3cc4nc(N5CCOc6cc(N7CC(F)C7)cnc65)ccc4cn3)cc(F)c21. The van der Waals surface area contributed by atoms with Crippen molar-refractivity contribution in [1.29, 1.82) is 0 Å². The molecule has 0 aliphatic carbocycles. The van der Waals surface area contributed by atoms with Crippen LogP contribution in [-0.4, -0.2) is 73.8 Å². The van der Waals surface area contributed by atoms with Crippen molar-refractivity contribution >= 4 is 44.0 Å². The summed E-state index contributed by atoms with van der Waals surface area (Å²) in [5.74, 6) is -0.897. The van der Waals surface area contributed by atoms with E-state index < -0.39 is 62.4 Å². The number of rotatable bonds is 5. The van der Waals surface area contributed by atoms with Gasteiger partial charge in [0.2, 0.25) is 15.3 Å².